The Hall–Kier alpha value is -0.140. The topological polar surface area (TPSA) is 40.6 Å². The molecule has 7 heteroatoms. The molecular weight excluding hydrogens is 304 g/mol. The zero-order chi connectivity index (χ0) is 13.7. The van der Waals surface area contributed by atoms with Gasteiger partial charge in [-0.15, -0.1) is 22.9 Å². The predicted octanol–water partition coefficient (Wildman–Crippen LogP) is 1.82. The summed E-state index contributed by atoms with van der Waals surface area (Å²) in [5, 5.41) is 2.07. The van der Waals surface area contributed by atoms with Gasteiger partial charge in [-0.2, -0.15) is 4.31 Å². The Bertz CT molecular complexity index is 468. The van der Waals surface area contributed by atoms with Crippen molar-refractivity contribution in [2.75, 3.05) is 37.8 Å². The molecule has 4 nitrogen and oxygen atoms in total. The molecule has 0 spiro atoms. The molecule has 0 atom stereocenters. The molecule has 1 fully saturated rings. The fourth-order valence-corrected chi connectivity index (χ4v) is 4.68. The van der Waals surface area contributed by atoms with Crippen LogP contribution in [0.3, 0.4) is 0 Å². The molecule has 0 saturated carbocycles. The van der Waals surface area contributed by atoms with Crippen molar-refractivity contribution < 1.29 is 8.42 Å². The molecule has 19 heavy (non-hydrogen) atoms. The Morgan fingerprint density at radius 3 is 2.58 bits per heavy atom. The van der Waals surface area contributed by atoms with Gasteiger partial charge in [0.1, 0.15) is 0 Å². The summed E-state index contributed by atoms with van der Waals surface area (Å²) in [6.07, 6.45) is 0.527. The van der Waals surface area contributed by atoms with Crippen LogP contribution in [0, 0.1) is 0 Å². The van der Waals surface area contributed by atoms with Gasteiger partial charge in [0.25, 0.3) is 0 Å². The van der Waals surface area contributed by atoms with Crippen molar-refractivity contribution in [1.29, 1.82) is 0 Å². The van der Waals surface area contributed by atoms with Gasteiger partial charge in [0.05, 0.1) is 5.75 Å². The van der Waals surface area contributed by atoms with Gasteiger partial charge in [-0.25, -0.2) is 8.42 Å². The molecular formula is C12H19ClN2O2S2. The molecule has 0 amide bonds. The molecule has 0 radical (unpaired) electrons. The average molecular weight is 323 g/mol. The summed E-state index contributed by atoms with van der Waals surface area (Å²) in [5.41, 5.74) is 0. The van der Waals surface area contributed by atoms with Gasteiger partial charge in [0, 0.05) is 43.5 Å². The first kappa shape index (κ1) is 15.3. The summed E-state index contributed by atoms with van der Waals surface area (Å²) in [6.45, 7) is 3.72. The van der Waals surface area contributed by atoms with Crippen LogP contribution in [0.2, 0.25) is 0 Å². The molecule has 2 rings (SSSR count). The van der Waals surface area contributed by atoms with E-state index in [2.05, 4.69) is 16.3 Å². The standard InChI is InChI=1S/C12H19ClN2O2S2/c13-4-2-10-19(16,17)15-7-5-14(6-8-15)11-12-3-1-9-18-12/h1,3,9H,2,4-8,10-11H2. The maximum absolute atomic E-state index is 12.0. The molecule has 108 valence electrons. The Morgan fingerprint density at radius 2 is 2.00 bits per heavy atom. The van der Waals surface area contributed by atoms with Crippen LogP contribution >= 0.6 is 22.9 Å². The van der Waals surface area contributed by atoms with Crippen LogP contribution in [0.5, 0.6) is 0 Å². The first-order chi connectivity index (χ1) is 9.12. The van der Waals surface area contributed by atoms with Gasteiger partial charge in [-0.05, 0) is 17.9 Å². The lowest BCUT2D eigenvalue weighted by Gasteiger charge is -2.33. The van der Waals surface area contributed by atoms with Crippen molar-refractivity contribution in [2.24, 2.45) is 0 Å². The van der Waals surface area contributed by atoms with E-state index in [0.717, 1.165) is 19.6 Å². The Balaban J connectivity index is 1.82. The largest absolute Gasteiger partial charge is 0.296 e. The smallest absolute Gasteiger partial charge is 0.214 e. The van der Waals surface area contributed by atoms with Gasteiger partial charge >= 0.3 is 0 Å². The average Bonchev–Trinajstić information content (AvgIpc) is 2.90. The monoisotopic (exact) mass is 322 g/mol. The van der Waals surface area contributed by atoms with Crippen molar-refractivity contribution in [3.8, 4) is 0 Å². The van der Waals surface area contributed by atoms with Crippen LogP contribution in [0.4, 0.5) is 0 Å². The van der Waals surface area contributed by atoms with E-state index >= 15 is 0 Å². The molecule has 0 aromatic carbocycles. The number of thiophene rings is 1. The number of hydrogen-bond donors (Lipinski definition) is 0. The number of halogens is 1. The number of alkyl halides is 1. The fourth-order valence-electron chi connectivity index (χ4n) is 2.15. The molecule has 0 N–H and O–H groups in total. The highest BCUT2D eigenvalue weighted by molar-refractivity contribution is 7.89. The zero-order valence-corrected chi connectivity index (χ0v) is 13.2. The summed E-state index contributed by atoms with van der Waals surface area (Å²) < 4.78 is 25.6. The number of rotatable bonds is 6. The molecule has 0 bridgehead atoms. The lowest BCUT2D eigenvalue weighted by Crippen LogP contribution is -2.48. The number of sulfonamides is 1. The summed E-state index contributed by atoms with van der Waals surface area (Å²) >= 11 is 7.30. The third-order valence-electron chi connectivity index (χ3n) is 3.22. The molecule has 0 aliphatic carbocycles. The normalized spacial score (nSPS) is 18.8. The van der Waals surface area contributed by atoms with Crippen molar-refractivity contribution in [2.45, 2.75) is 13.0 Å². The van der Waals surface area contributed by atoms with Crippen molar-refractivity contribution in [3.05, 3.63) is 22.4 Å². The Morgan fingerprint density at radius 1 is 1.26 bits per heavy atom. The van der Waals surface area contributed by atoms with Crippen LogP contribution in [-0.2, 0) is 16.6 Å². The minimum absolute atomic E-state index is 0.168. The van der Waals surface area contributed by atoms with Crippen LogP contribution in [0.15, 0.2) is 17.5 Å². The van der Waals surface area contributed by atoms with E-state index in [4.69, 9.17) is 11.6 Å². The highest BCUT2D eigenvalue weighted by Gasteiger charge is 2.26. The second-order valence-electron chi connectivity index (χ2n) is 4.61. The van der Waals surface area contributed by atoms with Crippen molar-refractivity contribution in [3.63, 3.8) is 0 Å². The highest BCUT2D eigenvalue weighted by atomic mass is 35.5. The Labute approximate surface area is 124 Å². The summed E-state index contributed by atoms with van der Waals surface area (Å²) in [4.78, 5) is 3.64. The van der Waals surface area contributed by atoms with E-state index in [0.29, 0.717) is 25.4 Å². The van der Waals surface area contributed by atoms with Crippen molar-refractivity contribution in [1.82, 2.24) is 9.21 Å². The third kappa shape index (κ3) is 4.43. The molecule has 1 aromatic rings. The van der Waals surface area contributed by atoms with Gasteiger partial charge < -0.3 is 0 Å². The minimum Gasteiger partial charge on any atom is -0.296 e. The highest BCUT2D eigenvalue weighted by Crippen LogP contribution is 2.15. The van der Waals surface area contributed by atoms with E-state index in [1.54, 1.807) is 15.6 Å². The fraction of sp³-hybridized carbons (Fsp3) is 0.667. The van der Waals surface area contributed by atoms with Gasteiger partial charge in [-0.3, -0.25) is 4.90 Å². The summed E-state index contributed by atoms with van der Waals surface area (Å²) in [6, 6.07) is 4.17. The second kappa shape index (κ2) is 7.04. The lowest BCUT2D eigenvalue weighted by molar-refractivity contribution is 0.183. The molecule has 1 aliphatic rings. The minimum atomic E-state index is -3.11. The maximum atomic E-state index is 12.0. The molecule has 1 aliphatic heterocycles. The van der Waals surface area contributed by atoms with Crippen molar-refractivity contribution >= 4 is 33.0 Å². The van der Waals surface area contributed by atoms with Gasteiger partial charge in [0.2, 0.25) is 10.0 Å². The van der Waals surface area contributed by atoms with E-state index < -0.39 is 10.0 Å². The van der Waals surface area contributed by atoms with Crippen LogP contribution in [0.1, 0.15) is 11.3 Å². The SMILES string of the molecule is O=S(=O)(CCCCl)N1CCN(Cc2cccs2)CC1. The van der Waals surface area contributed by atoms with Crippen LogP contribution in [0.25, 0.3) is 0 Å². The quantitative estimate of drug-likeness (QED) is 0.750. The van der Waals surface area contributed by atoms with E-state index in [9.17, 15) is 8.42 Å². The number of piperazine rings is 1. The maximum Gasteiger partial charge on any atom is 0.214 e. The third-order valence-corrected chi connectivity index (χ3v) is 6.31. The van der Waals surface area contributed by atoms with E-state index in [-0.39, 0.29) is 5.75 Å². The number of hydrogen-bond acceptors (Lipinski definition) is 4. The molecule has 1 aromatic heterocycles. The van der Waals surface area contributed by atoms with Gasteiger partial charge in [-0.1, -0.05) is 6.07 Å². The number of nitrogens with zero attached hydrogens (tertiary/aromatic N) is 2. The van der Waals surface area contributed by atoms with E-state index in [1.807, 2.05) is 6.07 Å². The van der Waals surface area contributed by atoms with Crippen LogP contribution in [-0.4, -0.2) is 55.4 Å². The predicted molar refractivity (Wildman–Crippen MR) is 80.3 cm³/mol. The molecule has 1 saturated heterocycles. The van der Waals surface area contributed by atoms with Crippen LogP contribution < -0.4 is 0 Å². The zero-order valence-electron chi connectivity index (χ0n) is 10.8. The molecule has 2 heterocycles. The summed E-state index contributed by atoms with van der Waals surface area (Å²) in [5.74, 6) is 0.568. The summed E-state index contributed by atoms with van der Waals surface area (Å²) in [7, 11) is -3.11. The second-order valence-corrected chi connectivity index (χ2v) is 8.11. The molecule has 0 unspecified atom stereocenters. The first-order valence-electron chi connectivity index (χ1n) is 6.40. The van der Waals surface area contributed by atoms with E-state index in [1.165, 1.54) is 4.88 Å². The lowest BCUT2D eigenvalue weighted by atomic mass is 10.3. The Kier molecular flexibility index (Phi) is 5.65. The van der Waals surface area contributed by atoms with Gasteiger partial charge in [0.15, 0.2) is 0 Å². The first-order valence-corrected chi connectivity index (χ1v) is 9.43.